The topological polar surface area (TPSA) is 0 Å². The van der Waals surface area contributed by atoms with Crippen LogP contribution in [0, 0.1) is 41.4 Å². The minimum absolute atomic E-state index is 1.11. The Morgan fingerprint density at radius 3 is 1.24 bits per heavy atom. The van der Waals surface area contributed by atoms with Crippen LogP contribution in [0.5, 0.6) is 0 Å². The molecule has 0 radical (unpaired) electrons. The van der Waals surface area contributed by atoms with Crippen LogP contribution < -0.4 is 0 Å². The van der Waals surface area contributed by atoms with E-state index in [9.17, 15) is 0 Å². The van der Waals surface area contributed by atoms with Crippen molar-refractivity contribution in [3.8, 4) is 0 Å². The lowest BCUT2D eigenvalue weighted by atomic mass is 9.57. The largest absolute Gasteiger partial charge is 0.124 e. The van der Waals surface area contributed by atoms with Gasteiger partial charge in [0.25, 0.3) is 0 Å². The molecule has 4 aliphatic carbocycles. The van der Waals surface area contributed by atoms with E-state index in [1.807, 2.05) is 0 Å². The minimum Gasteiger partial charge on any atom is -0.0741 e. The van der Waals surface area contributed by atoms with Gasteiger partial charge >= 0.3 is 0 Å². The highest BCUT2D eigenvalue weighted by Gasteiger charge is 2.38. The van der Waals surface area contributed by atoms with Gasteiger partial charge in [-0.1, -0.05) is 121 Å². The molecule has 1 saturated heterocycles. The Kier molecular flexibility index (Phi) is 7.31. The van der Waals surface area contributed by atoms with Crippen molar-refractivity contribution in [2.24, 2.45) is 41.4 Å². The lowest BCUT2D eigenvalue weighted by Crippen LogP contribution is -2.26. The van der Waals surface area contributed by atoms with Crippen molar-refractivity contribution in [1.29, 1.82) is 0 Å². The third kappa shape index (κ3) is 5.11. The van der Waals surface area contributed by atoms with Crippen LogP contribution >= 0.6 is 0 Å². The minimum atomic E-state index is 1.11. The molecule has 0 bridgehead atoms. The van der Waals surface area contributed by atoms with Gasteiger partial charge in [0.05, 0.1) is 0 Å². The van der Waals surface area contributed by atoms with Crippen LogP contribution in [0.2, 0.25) is 12.1 Å². The molecule has 1 aliphatic heterocycles. The Bertz CT molecular complexity index is 471. The molecule has 0 aromatic heterocycles. The van der Waals surface area contributed by atoms with Crippen LogP contribution in [0.4, 0.5) is 0 Å². The smallest absolute Gasteiger partial charge is 0.0741 e. The summed E-state index contributed by atoms with van der Waals surface area (Å²) in [7, 11) is 1.60. The highest BCUT2D eigenvalue weighted by Crippen LogP contribution is 2.50. The van der Waals surface area contributed by atoms with E-state index in [1.165, 1.54) is 12.8 Å². The summed E-state index contributed by atoms with van der Waals surface area (Å²) in [4.78, 5) is 0. The second kappa shape index (κ2) is 10.1. The van der Waals surface area contributed by atoms with Gasteiger partial charge in [-0.25, -0.2) is 0 Å². The SMILES string of the molecule is B1CC(C2CCCC2)CC1C1CCC(C2CCCC(C3CCCC3)CCC2)CC1. The van der Waals surface area contributed by atoms with E-state index < -0.39 is 0 Å². The molecular weight excluding hydrogens is 347 g/mol. The summed E-state index contributed by atoms with van der Waals surface area (Å²) < 4.78 is 0. The Labute approximate surface area is 183 Å². The van der Waals surface area contributed by atoms with Gasteiger partial charge in [0, 0.05) is 0 Å². The summed E-state index contributed by atoms with van der Waals surface area (Å²) in [6.45, 7) is 0. The normalized spacial score (nSPS) is 43.2. The highest BCUT2D eigenvalue weighted by molar-refractivity contribution is 6.39. The van der Waals surface area contributed by atoms with Crippen molar-refractivity contribution < 1.29 is 0 Å². The zero-order valence-corrected chi connectivity index (χ0v) is 19.5. The van der Waals surface area contributed by atoms with E-state index in [4.69, 9.17) is 0 Å². The molecule has 0 aromatic carbocycles. The van der Waals surface area contributed by atoms with Gasteiger partial charge in [-0.15, -0.1) is 0 Å². The van der Waals surface area contributed by atoms with E-state index in [1.54, 1.807) is 123 Å². The first-order valence-corrected chi connectivity index (χ1v) is 14.4. The maximum atomic E-state index is 1.63. The Hall–Kier alpha value is 0.0649. The molecule has 5 rings (SSSR count). The van der Waals surface area contributed by atoms with Crippen LogP contribution in [0.15, 0.2) is 0 Å². The maximum absolute atomic E-state index is 1.63. The van der Waals surface area contributed by atoms with Crippen molar-refractivity contribution >= 4 is 7.28 Å². The molecule has 1 heteroatoms. The standard InChI is InChI=1S/C28H49B/c1-2-8-21(7-1)22-11-5-13-23(14-6-12-22)25-15-17-26(18-16-25)28-19-27(20-29-28)24-9-3-4-10-24/h21-29H,1-20H2. The molecule has 0 N–H and O–H groups in total. The fourth-order valence-electron chi connectivity index (χ4n) is 9.37. The predicted molar refractivity (Wildman–Crippen MR) is 128 cm³/mol. The van der Waals surface area contributed by atoms with E-state index in [0.29, 0.717) is 0 Å². The Morgan fingerprint density at radius 2 is 0.724 bits per heavy atom. The first kappa shape index (κ1) is 20.9. The second-order valence-electron chi connectivity index (χ2n) is 12.5. The molecule has 164 valence electrons. The Balaban J connectivity index is 1.04. The van der Waals surface area contributed by atoms with Gasteiger partial charge in [0.2, 0.25) is 0 Å². The molecule has 5 aliphatic rings. The monoisotopic (exact) mass is 396 g/mol. The average Bonchev–Trinajstić information content (AvgIpc) is 3.49. The summed E-state index contributed by atoms with van der Waals surface area (Å²) in [5.41, 5.74) is 0. The first-order valence-electron chi connectivity index (χ1n) is 14.4. The fraction of sp³-hybridized carbons (Fsp3) is 1.00. The molecule has 0 aromatic rings. The van der Waals surface area contributed by atoms with Gasteiger partial charge in [-0.3, -0.25) is 0 Å². The third-order valence-electron chi connectivity index (χ3n) is 11.1. The summed E-state index contributed by atoms with van der Waals surface area (Å²) in [6.07, 6.45) is 31.6. The second-order valence-corrected chi connectivity index (χ2v) is 12.5. The van der Waals surface area contributed by atoms with E-state index in [2.05, 4.69) is 0 Å². The molecule has 29 heavy (non-hydrogen) atoms. The van der Waals surface area contributed by atoms with Gasteiger partial charge in [-0.2, -0.15) is 0 Å². The van der Waals surface area contributed by atoms with Crippen molar-refractivity contribution in [2.75, 3.05) is 0 Å². The third-order valence-corrected chi connectivity index (χ3v) is 11.1. The van der Waals surface area contributed by atoms with Crippen LogP contribution in [-0.2, 0) is 0 Å². The van der Waals surface area contributed by atoms with E-state index in [0.717, 1.165) is 47.2 Å². The van der Waals surface area contributed by atoms with Crippen molar-refractivity contribution in [3.05, 3.63) is 0 Å². The molecule has 1 heterocycles. The molecule has 2 unspecified atom stereocenters. The highest BCUT2D eigenvalue weighted by atomic mass is 14.4. The zero-order valence-electron chi connectivity index (χ0n) is 19.5. The molecular formula is C28H49B. The van der Waals surface area contributed by atoms with Gasteiger partial charge in [0.1, 0.15) is 7.28 Å². The lowest BCUT2D eigenvalue weighted by molar-refractivity contribution is 0.153. The lowest BCUT2D eigenvalue weighted by Gasteiger charge is -2.38. The van der Waals surface area contributed by atoms with E-state index in [-0.39, 0.29) is 0 Å². The van der Waals surface area contributed by atoms with Crippen molar-refractivity contribution in [1.82, 2.24) is 0 Å². The zero-order chi connectivity index (χ0) is 19.5. The molecule has 0 spiro atoms. The van der Waals surface area contributed by atoms with Gasteiger partial charge in [0.15, 0.2) is 0 Å². The average molecular weight is 397 g/mol. The molecule has 0 nitrogen and oxygen atoms in total. The number of hydrogen-bond donors (Lipinski definition) is 0. The summed E-state index contributed by atoms with van der Waals surface area (Å²) >= 11 is 0. The Morgan fingerprint density at radius 1 is 0.345 bits per heavy atom. The quantitative estimate of drug-likeness (QED) is 0.418. The van der Waals surface area contributed by atoms with Crippen LogP contribution in [-0.4, -0.2) is 7.28 Å². The fourth-order valence-corrected chi connectivity index (χ4v) is 9.37. The predicted octanol–water partition coefficient (Wildman–Crippen LogP) is 8.42. The maximum Gasteiger partial charge on any atom is 0.124 e. The summed E-state index contributed by atoms with van der Waals surface area (Å²) in [6, 6.07) is 0. The number of hydrogen-bond acceptors (Lipinski definition) is 0. The summed E-state index contributed by atoms with van der Waals surface area (Å²) in [5, 5.41) is 0. The van der Waals surface area contributed by atoms with Crippen molar-refractivity contribution in [2.45, 2.75) is 134 Å². The van der Waals surface area contributed by atoms with Crippen LogP contribution in [0.25, 0.3) is 0 Å². The molecule has 5 fully saturated rings. The first-order chi connectivity index (χ1) is 14.4. The van der Waals surface area contributed by atoms with Gasteiger partial charge in [-0.05, 0) is 54.3 Å². The summed E-state index contributed by atoms with van der Waals surface area (Å²) in [5.74, 6) is 8.99. The molecule has 2 atom stereocenters. The van der Waals surface area contributed by atoms with Crippen LogP contribution in [0.1, 0.15) is 122 Å². The van der Waals surface area contributed by atoms with Crippen LogP contribution in [0.3, 0.4) is 0 Å². The van der Waals surface area contributed by atoms with Crippen molar-refractivity contribution in [3.63, 3.8) is 0 Å². The molecule has 0 amide bonds. The molecule has 4 saturated carbocycles. The number of rotatable bonds is 4. The van der Waals surface area contributed by atoms with Gasteiger partial charge < -0.3 is 0 Å². The van der Waals surface area contributed by atoms with E-state index >= 15 is 0 Å².